The highest BCUT2D eigenvalue weighted by Gasteiger charge is 2.32. The first kappa shape index (κ1) is 20.3. The van der Waals surface area contributed by atoms with E-state index in [0.717, 1.165) is 4.31 Å². The fraction of sp³-hybridized carbons (Fsp3) is 0.375. The maximum atomic E-state index is 13.9. The Kier molecular flexibility index (Phi) is 5.72. The summed E-state index contributed by atoms with van der Waals surface area (Å²) in [5, 5.41) is 6.19. The quantitative estimate of drug-likeness (QED) is 0.737. The van der Waals surface area contributed by atoms with Gasteiger partial charge in [-0.2, -0.15) is 4.31 Å². The number of hydrogen-bond acceptors (Lipinski definition) is 6. The third-order valence-electron chi connectivity index (χ3n) is 4.21. The summed E-state index contributed by atoms with van der Waals surface area (Å²) in [6, 6.07) is 2.82. The van der Waals surface area contributed by atoms with Gasteiger partial charge in [0.2, 0.25) is 15.9 Å². The molecule has 1 aliphatic rings. The number of anilines is 1. The molecule has 0 unspecified atom stereocenters. The summed E-state index contributed by atoms with van der Waals surface area (Å²) < 4.78 is 71.2. The lowest BCUT2D eigenvalue weighted by atomic mass is 10.3. The second-order valence-corrected chi connectivity index (χ2v) is 8.13. The van der Waals surface area contributed by atoms with E-state index in [9.17, 15) is 26.4 Å². The van der Waals surface area contributed by atoms with Gasteiger partial charge in [-0.25, -0.2) is 21.6 Å². The summed E-state index contributed by atoms with van der Waals surface area (Å²) >= 11 is 0. The Morgan fingerprint density at radius 3 is 2.46 bits per heavy atom. The van der Waals surface area contributed by atoms with Crippen LogP contribution in [-0.2, 0) is 14.8 Å². The third kappa shape index (κ3) is 4.18. The molecule has 1 fully saturated rings. The molecule has 1 amide bonds. The minimum absolute atomic E-state index is 0.000662. The number of hydrogen-bond donors (Lipinski definition) is 1. The topological polar surface area (TPSA) is 95.8 Å². The molecule has 2 heterocycles. The predicted octanol–water partition coefficient (Wildman–Crippen LogP) is 1.35. The molecule has 1 aromatic carbocycles. The number of carbonyl (C=O) groups is 1. The minimum Gasteiger partial charge on any atom is -0.360 e. The summed E-state index contributed by atoms with van der Waals surface area (Å²) in [6.07, 6.45) is 0. The zero-order valence-electron chi connectivity index (χ0n) is 14.8. The zero-order chi connectivity index (χ0) is 20.5. The fourth-order valence-corrected chi connectivity index (χ4v) is 4.26. The van der Waals surface area contributed by atoms with Crippen molar-refractivity contribution in [1.82, 2.24) is 14.4 Å². The number of halogens is 3. The van der Waals surface area contributed by atoms with Crippen LogP contribution in [0.15, 0.2) is 27.6 Å². The highest BCUT2D eigenvalue weighted by molar-refractivity contribution is 7.89. The van der Waals surface area contributed by atoms with Crippen LogP contribution in [0.25, 0.3) is 0 Å². The number of aromatic nitrogens is 1. The molecule has 8 nitrogen and oxygen atoms in total. The normalized spacial score (nSPS) is 16.3. The van der Waals surface area contributed by atoms with Crippen LogP contribution in [0.1, 0.15) is 5.76 Å². The molecule has 0 aliphatic carbocycles. The lowest BCUT2D eigenvalue weighted by Crippen LogP contribution is -2.50. The van der Waals surface area contributed by atoms with Crippen molar-refractivity contribution in [2.45, 2.75) is 11.8 Å². The first-order valence-electron chi connectivity index (χ1n) is 8.27. The van der Waals surface area contributed by atoms with E-state index < -0.39 is 32.4 Å². The third-order valence-corrected chi connectivity index (χ3v) is 6.13. The van der Waals surface area contributed by atoms with E-state index in [1.807, 2.05) is 0 Å². The minimum atomic E-state index is -4.33. The van der Waals surface area contributed by atoms with E-state index in [0.29, 0.717) is 17.9 Å². The standard InChI is InChI=1S/C16H17F3N4O4S/c1-10-8-13(21-27-10)20-14(24)9-22-4-6-23(7-5-22)28(25,26)12-3-2-11(17)15(18)16(12)19/h2-3,8H,4-7,9H2,1H3,(H,20,21,24). The number of aryl methyl sites for hydroxylation is 1. The van der Waals surface area contributed by atoms with Crippen LogP contribution >= 0.6 is 0 Å². The lowest BCUT2D eigenvalue weighted by molar-refractivity contribution is -0.117. The average Bonchev–Trinajstić information content (AvgIpc) is 3.04. The van der Waals surface area contributed by atoms with Crippen molar-refractivity contribution in [3.8, 4) is 0 Å². The van der Waals surface area contributed by atoms with E-state index in [1.54, 1.807) is 17.9 Å². The van der Waals surface area contributed by atoms with Crippen molar-refractivity contribution in [3.05, 3.63) is 41.4 Å². The average molecular weight is 418 g/mol. The Balaban J connectivity index is 1.60. The molecule has 1 N–H and O–H groups in total. The van der Waals surface area contributed by atoms with E-state index >= 15 is 0 Å². The van der Waals surface area contributed by atoms with Crippen LogP contribution in [-0.4, -0.2) is 61.4 Å². The molecule has 0 bridgehead atoms. The number of sulfonamides is 1. The van der Waals surface area contributed by atoms with Gasteiger partial charge < -0.3 is 9.84 Å². The van der Waals surface area contributed by atoms with Gasteiger partial charge in [-0.15, -0.1) is 0 Å². The number of benzene rings is 1. The largest absolute Gasteiger partial charge is 0.360 e. The van der Waals surface area contributed by atoms with E-state index in [2.05, 4.69) is 10.5 Å². The van der Waals surface area contributed by atoms with Crippen molar-refractivity contribution >= 4 is 21.7 Å². The molecule has 0 saturated carbocycles. The van der Waals surface area contributed by atoms with Gasteiger partial charge >= 0.3 is 0 Å². The maximum absolute atomic E-state index is 13.9. The molecule has 0 radical (unpaired) electrons. The highest BCUT2D eigenvalue weighted by atomic mass is 32.2. The van der Waals surface area contributed by atoms with Gasteiger partial charge in [0.05, 0.1) is 6.54 Å². The Morgan fingerprint density at radius 2 is 1.86 bits per heavy atom. The van der Waals surface area contributed by atoms with Crippen LogP contribution < -0.4 is 5.32 Å². The molecular weight excluding hydrogens is 401 g/mol. The van der Waals surface area contributed by atoms with Crippen molar-refractivity contribution in [2.75, 3.05) is 38.0 Å². The van der Waals surface area contributed by atoms with E-state index in [4.69, 9.17) is 4.52 Å². The summed E-state index contributed by atoms with van der Waals surface area (Å²) in [5.74, 6) is -4.58. The van der Waals surface area contributed by atoms with Crippen molar-refractivity contribution < 1.29 is 30.9 Å². The van der Waals surface area contributed by atoms with Gasteiger partial charge in [-0.05, 0) is 19.1 Å². The van der Waals surface area contributed by atoms with Crippen LogP contribution in [0.5, 0.6) is 0 Å². The van der Waals surface area contributed by atoms with Crippen LogP contribution in [0.4, 0.5) is 19.0 Å². The lowest BCUT2D eigenvalue weighted by Gasteiger charge is -2.33. The molecule has 28 heavy (non-hydrogen) atoms. The smallest absolute Gasteiger partial charge is 0.246 e. The summed E-state index contributed by atoms with van der Waals surface area (Å²) in [6.45, 7) is 2.03. The second-order valence-electron chi connectivity index (χ2n) is 6.22. The Hall–Kier alpha value is -2.44. The number of nitrogens with one attached hydrogen (secondary N) is 1. The molecule has 1 saturated heterocycles. The van der Waals surface area contributed by atoms with Crippen LogP contribution in [0.2, 0.25) is 0 Å². The molecule has 1 aromatic heterocycles. The molecule has 12 heteroatoms. The Morgan fingerprint density at radius 1 is 1.18 bits per heavy atom. The molecule has 0 spiro atoms. The van der Waals surface area contributed by atoms with Gasteiger partial charge in [0.1, 0.15) is 10.7 Å². The van der Waals surface area contributed by atoms with Crippen LogP contribution in [0.3, 0.4) is 0 Å². The van der Waals surface area contributed by atoms with E-state index in [-0.39, 0.29) is 44.4 Å². The van der Waals surface area contributed by atoms with Gasteiger partial charge in [-0.3, -0.25) is 9.69 Å². The van der Waals surface area contributed by atoms with Crippen LogP contribution in [0, 0.1) is 24.4 Å². The number of rotatable bonds is 5. The maximum Gasteiger partial charge on any atom is 0.246 e. The molecule has 2 aromatic rings. The Labute approximate surface area is 158 Å². The number of piperazine rings is 1. The van der Waals surface area contributed by atoms with Gasteiger partial charge in [0.25, 0.3) is 0 Å². The summed E-state index contributed by atoms with van der Waals surface area (Å²) in [5.41, 5.74) is 0. The predicted molar refractivity (Wildman–Crippen MR) is 91.4 cm³/mol. The monoisotopic (exact) mass is 418 g/mol. The molecule has 152 valence electrons. The SMILES string of the molecule is Cc1cc(NC(=O)CN2CCN(S(=O)(=O)c3ccc(F)c(F)c3F)CC2)no1. The number of carbonyl (C=O) groups excluding carboxylic acids is 1. The first-order valence-corrected chi connectivity index (χ1v) is 9.71. The number of nitrogens with zero attached hydrogens (tertiary/aromatic N) is 3. The summed E-state index contributed by atoms with van der Waals surface area (Å²) in [7, 11) is -4.33. The highest BCUT2D eigenvalue weighted by Crippen LogP contribution is 2.24. The second kappa shape index (κ2) is 7.89. The van der Waals surface area contributed by atoms with E-state index in [1.165, 1.54) is 0 Å². The number of amides is 1. The molecule has 3 rings (SSSR count). The first-order chi connectivity index (χ1) is 13.2. The fourth-order valence-electron chi connectivity index (χ4n) is 2.79. The van der Waals surface area contributed by atoms with Gasteiger partial charge in [-0.1, -0.05) is 5.16 Å². The zero-order valence-corrected chi connectivity index (χ0v) is 15.6. The molecule has 0 atom stereocenters. The molecule has 1 aliphatic heterocycles. The van der Waals surface area contributed by atoms with Gasteiger partial charge in [0, 0.05) is 32.2 Å². The molecular formula is C16H17F3N4O4S. The van der Waals surface area contributed by atoms with Crippen molar-refractivity contribution in [2.24, 2.45) is 0 Å². The van der Waals surface area contributed by atoms with Crippen molar-refractivity contribution in [3.63, 3.8) is 0 Å². The van der Waals surface area contributed by atoms with Gasteiger partial charge in [0.15, 0.2) is 23.3 Å². The van der Waals surface area contributed by atoms with Crippen molar-refractivity contribution in [1.29, 1.82) is 0 Å². The Bertz CT molecular complexity index is 988. The summed E-state index contributed by atoms with van der Waals surface area (Å²) in [4.78, 5) is 12.8.